The molecule has 0 bridgehead atoms. The van der Waals surface area contributed by atoms with E-state index in [1.54, 1.807) is 48.7 Å². The van der Waals surface area contributed by atoms with Crippen molar-refractivity contribution >= 4 is 23.8 Å². The number of nitrogens with zero attached hydrogens (tertiary/aromatic N) is 1. The van der Waals surface area contributed by atoms with Gasteiger partial charge in [-0.15, -0.1) is 0 Å². The highest BCUT2D eigenvalue weighted by Crippen LogP contribution is 2.24. The molecule has 3 rings (SSSR count). The minimum absolute atomic E-state index is 0.0522. The zero-order valence-electron chi connectivity index (χ0n) is 17.5. The van der Waals surface area contributed by atoms with Crippen molar-refractivity contribution in [3.8, 4) is 11.5 Å². The summed E-state index contributed by atoms with van der Waals surface area (Å²) in [5.74, 6) is -1.52. The number of ether oxygens (including phenoxy) is 1. The first-order valence-electron chi connectivity index (χ1n) is 9.89. The number of nitrogens with two attached hydrogens (primary N) is 1. The Morgan fingerprint density at radius 3 is 2.52 bits per heavy atom. The second-order valence-corrected chi connectivity index (χ2v) is 6.88. The quantitative estimate of drug-likeness (QED) is 0.434. The van der Waals surface area contributed by atoms with Gasteiger partial charge in [-0.1, -0.05) is 18.2 Å². The van der Waals surface area contributed by atoms with Crippen molar-refractivity contribution in [1.82, 2.24) is 15.6 Å². The number of hydrogen-bond donors (Lipinski definition) is 3. The average molecular weight is 448 g/mol. The highest BCUT2D eigenvalue weighted by atomic mass is 19.1. The molecule has 0 atom stereocenters. The van der Waals surface area contributed by atoms with Gasteiger partial charge in [0.2, 0.25) is 11.8 Å². The minimum Gasteiger partial charge on any atom is -0.453 e. The third-order valence-corrected chi connectivity index (χ3v) is 4.35. The van der Waals surface area contributed by atoms with Crippen LogP contribution in [0.1, 0.15) is 21.5 Å². The molecule has 3 amide bonds. The van der Waals surface area contributed by atoms with E-state index < -0.39 is 17.6 Å². The van der Waals surface area contributed by atoms with Gasteiger partial charge >= 0.3 is 0 Å². The molecule has 168 valence electrons. The highest BCUT2D eigenvalue weighted by Gasteiger charge is 2.07. The Labute approximate surface area is 189 Å². The summed E-state index contributed by atoms with van der Waals surface area (Å²) in [6, 6.07) is 14.2. The molecule has 0 spiro atoms. The standard InChI is InChI=1S/C24H21FN4O4/c25-20-12-16(5-9-21(20)33-19-2-1-11-27-14-19)6-10-23(31)28-13-17-3-7-18(8-4-17)24(32)29-15-22(26)30/h1-12,14H,13,15H2,(H2,26,30)(H,28,31)(H,29,32)/b10-6+. The Bertz CT molecular complexity index is 1160. The molecule has 9 heteroatoms. The number of primary amides is 1. The number of aromatic nitrogens is 1. The third kappa shape index (κ3) is 7.28. The lowest BCUT2D eigenvalue weighted by Crippen LogP contribution is -2.33. The summed E-state index contributed by atoms with van der Waals surface area (Å²) < 4.78 is 19.7. The van der Waals surface area contributed by atoms with Gasteiger partial charge in [-0.05, 0) is 53.6 Å². The molecule has 0 saturated heterocycles. The summed E-state index contributed by atoms with van der Waals surface area (Å²) in [4.78, 5) is 38.5. The number of carbonyl (C=O) groups is 3. The van der Waals surface area contributed by atoms with E-state index in [0.29, 0.717) is 16.9 Å². The summed E-state index contributed by atoms with van der Waals surface area (Å²) in [5, 5.41) is 5.09. The van der Waals surface area contributed by atoms with Crippen LogP contribution in [0.5, 0.6) is 11.5 Å². The lowest BCUT2D eigenvalue weighted by atomic mass is 10.1. The fourth-order valence-corrected chi connectivity index (χ4v) is 2.70. The Hall–Kier alpha value is -4.53. The van der Waals surface area contributed by atoms with Crippen LogP contribution in [0.25, 0.3) is 6.08 Å². The SMILES string of the molecule is NC(=O)CNC(=O)c1ccc(CNC(=O)/C=C/c2ccc(Oc3cccnc3)c(F)c2)cc1. The molecule has 4 N–H and O–H groups in total. The number of hydrogen-bond acceptors (Lipinski definition) is 5. The van der Waals surface area contributed by atoms with Crippen LogP contribution in [0.2, 0.25) is 0 Å². The van der Waals surface area contributed by atoms with Crippen molar-refractivity contribution in [2.24, 2.45) is 5.73 Å². The molecule has 8 nitrogen and oxygen atoms in total. The van der Waals surface area contributed by atoms with E-state index in [0.717, 1.165) is 5.56 Å². The fourth-order valence-electron chi connectivity index (χ4n) is 2.70. The zero-order valence-corrected chi connectivity index (χ0v) is 17.5. The van der Waals surface area contributed by atoms with Crippen molar-refractivity contribution < 1.29 is 23.5 Å². The lowest BCUT2D eigenvalue weighted by molar-refractivity contribution is -0.117. The number of carbonyl (C=O) groups excluding carboxylic acids is 3. The maximum atomic E-state index is 14.3. The van der Waals surface area contributed by atoms with Crippen LogP contribution in [0.15, 0.2) is 73.1 Å². The molecule has 2 aromatic carbocycles. The molecule has 0 saturated carbocycles. The van der Waals surface area contributed by atoms with Crippen LogP contribution >= 0.6 is 0 Å². The molecule has 33 heavy (non-hydrogen) atoms. The Balaban J connectivity index is 1.50. The Kier molecular flexibility index (Phi) is 7.85. The number of halogens is 1. The van der Waals surface area contributed by atoms with Crippen molar-refractivity contribution in [3.05, 3.63) is 95.6 Å². The normalized spacial score (nSPS) is 10.6. The van der Waals surface area contributed by atoms with Gasteiger partial charge in [-0.25, -0.2) is 4.39 Å². The fraction of sp³-hybridized carbons (Fsp3) is 0.0833. The van der Waals surface area contributed by atoms with Gasteiger partial charge < -0.3 is 21.1 Å². The van der Waals surface area contributed by atoms with Crippen LogP contribution in [0.3, 0.4) is 0 Å². The highest BCUT2D eigenvalue weighted by molar-refractivity contribution is 5.96. The van der Waals surface area contributed by atoms with Crippen LogP contribution in [0, 0.1) is 5.82 Å². The third-order valence-electron chi connectivity index (χ3n) is 4.35. The van der Waals surface area contributed by atoms with Gasteiger partial charge in [0.15, 0.2) is 11.6 Å². The van der Waals surface area contributed by atoms with Gasteiger partial charge in [0.25, 0.3) is 5.91 Å². The number of amides is 3. The van der Waals surface area contributed by atoms with Gasteiger partial charge in [0.05, 0.1) is 12.7 Å². The van der Waals surface area contributed by atoms with Gasteiger partial charge in [-0.3, -0.25) is 19.4 Å². The number of pyridine rings is 1. The molecule has 0 aliphatic carbocycles. The number of nitrogens with one attached hydrogen (secondary N) is 2. The molecule has 1 aromatic heterocycles. The Morgan fingerprint density at radius 2 is 1.85 bits per heavy atom. The van der Waals surface area contributed by atoms with E-state index in [9.17, 15) is 18.8 Å². The second-order valence-electron chi connectivity index (χ2n) is 6.88. The van der Waals surface area contributed by atoms with Crippen LogP contribution in [0.4, 0.5) is 4.39 Å². The Morgan fingerprint density at radius 1 is 1.06 bits per heavy atom. The van der Waals surface area contributed by atoms with E-state index in [4.69, 9.17) is 10.5 Å². The topological polar surface area (TPSA) is 123 Å². The van der Waals surface area contributed by atoms with Crippen molar-refractivity contribution in [1.29, 1.82) is 0 Å². The molecule has 0 radical (unpaired) electrons. The molecular formula is C24H21FN4O4. The molecule has 0 fully saturated rings. The maximum absolute atomic E-state index is 14.3. The summed E-state index contributed by atoms with van der Waals surface area (Å²) >= 11 is 0. The molecule has 0 unspecified atom stereocenters. The molecule has 0 aliphatic heterocycles. The van der Waals surface area contributed by atoms with Gasteiger partial charge in [0.1, 0.15) is 5.75 Å². The summed E-state index contributed by atoms with van der Waals surface area (Å²) in [5.41, 5.74) is 6.62. The summed E-state index contributed by atoms with van der Waals surface area (Å²) in [7, 11) is 0. The molecule has 3 aromatic rings. The van der Waals surface area contributed by atoms with E-state index in [2.05, 4.69) is 15.6 Å². The van der Waals surface area contributed by atoms with Crippen molar-refractivity contribution in [2.75, 3.05) is 6.54 Å². The average Bonchev–Trinajstić information content (AvgIpc) is 2.82. The summed E-state index contributed by atoms with van der Waals surface area (Å²) in [6.45, 7) is -0.00819. The van der Waals surface area contributed by atoms with Crippen molar-refractivity contribution in [2.45, 2.75) is 6.54 Å². The lowest BCUT2D eigenvalue weighted by Gasteiger charge is -2.07. The minimum atomic E-state index is -0.632. The number of rotatable bonds is 9. The zero-order chi connectivity index (χ0) is 23.6. The van der Waals surface area contributed by atoms with E-state index >= 15 is 0 Å². The number of benzene rings is 2. The first-order valence-corrected chi connectivity index (χ1v) is 9.89. The smallest absolute Gasteiger partial charge is 0.251 e. The van der Waals surface area contributed by atoms with E-state index in [1.165, 1.54) is 30.5 Å². The summed E-state index contributed by atoms with van der Waals surface area (Å²) in [6.07, 6.45) is 5.84. The van der Waals surface area contributed by atoms with Gasteiger partial charge in [0, 0.05) is 24.4 Å². The van der Waals surface area contributed by atoms with Gasteiger partial charge in [-0.2, -0.15) is 0 Å². The predicted octanol–water partition coefficient (Wildman–Crippen LogP) is 2.56. The monoisotopic (exact) mass is 448 g/mol. The predicted molar refractivity (Wildman–Crippen MR) is 120 cm³/mol. The van der Waals surface area contributed by atoms with E-state index in [1.807, 2.05) is 0 Å². The maximum Gasteiger partial charge on any atom is 0.251 e. The molecule has 1 heterocycles. The molecular weight excluding hydrogens is 427 g/mol. The van der Waals surface area contributed by atoms with Crippen molar-refractivity contribution in [3.63, 3.8) is 0 Å². The first kappa shape index (κ1) is 23.1. The molecule has 0 aliphatic rings. The van der Waals surface area contributed by atoms with Crippen LogP contribution < -0.4 is 21.1 Å². The first-order chi connectivity index (χ1) is 15.9. The van der Waals surface area contributed by atoms with E-state index in [-0.39, 0.29) is 24.7 Å². The van der Waals surface area contributed by atoms with Crippen LogP contribution in [-0.4, -0.2) is 29.3 Å². The largest absolute Gasteiger partial charge is 0.453 e. The second kappa shape index (κ2) is 11.2. The van der Waals surface area contributed by atoms with Crippen LogP contribution in [-0.2, 0) is 16.1 Å².